The predicted molar refractivity (Wildman–Crippen MR) is 458 cm³/mol. The van der Waals surface area contributed by atoms with Gasteiger partial charge in [0.15, 0.2) is 73.8 Å². The molecule has 9 aromatic carbocycles. The molecule has 0 radical (unpaired) electrons. The van der Waals surface area contributed by atoms with Gasteiger partial charge in [-0.2, -0.15) is 0 Å². The van der Waals surface area contributed by atoms with Gasteiger partial charge in [0.05, 0.1) is 50.1 Å². The van der Waals surface area contributed by atoms with Crippen LogP contribution >= 0.6 is 0 Å². The first-order valence-corrected chi connectivity index (χ1v) is 41.9. The van der Waals surface area contributed by atoms with E-state index in [4.69, 9.17) is 71.1 Å². The van der Waals surface area contributed by atoms with E-state index in [0.29, 0.717) is 0 Å². The van der Waals surface area contributed by atoms with Gasteiger partial charge in [0, 0.05) is 84.4 Å². The number of nitro groups is 1. The highest BCUT2D eigenvalue weighted by molar-refractivity contribution is 5.94. The molecule has 3 amide bonds. The van der Waals surface area contributed by atoms with Crippen molar-refractivity contribution in [1.29, 1.82) is 0 Å². The highest BCUT2D eigenvalue weighted by Crippen LogP contribution is 2.37. The maximum absolute atomic E-state index is 14.5. The second kappa shape index (κ2) is 47.0. The monoisotopic (exact) mass is 1780 g/mol. The molecule has 3 fully saturated rings. The molecule has 3 aliphatic rings. The Morgan fingerprint density at radius 1 is 0.269 bits per heavy atom. The summed E-state index contributed by atoms with van der Waals surface area (Å²) in [5.41, 5.74) is -1.45. The number of methoxy groups -OCH3 is 3. The van der Waals surface area contributed by atoms with E-state index < -0.39 is 213 Å². The summed E-state index contributed by atoms with van der Waals surface area (Å²) in [7, 11) is 3.66. The summed E-state index contributed by atoms with van der Waals surface area (Å²) in [6.45, 7) is -1.54. The van der Waals surface area contributed by atoms with E-state index in [1.807, 2.05) is 0 Å². The van der Waals surface area contributed by atoms with Crippen LogP contribution < -0.4 is 16.0 Å². The maximum atomic E-state index is 14.5. The van der Waals surface area contributed by atoms with Gasteiger partial charge in [-0.05, 0) is 128 Å². The first kappa shape index (κ1) is 94.9. The number of benzene rings is 9. The number of carbonyl (C=O) groups is 12. The summed E-state index contributed by atoms with van der Waals surface area (Å²) in [5, 5.41) is 22.4. The fraction of sp³-hybridized carbons (Fsp3) is 0.320. The summed E-state index contributed by atoms with van der Waals surface area (Å²) in [6.07, 6.45) is -27.1. The highest BCUT2D eigenvalue weighted by atomic mass is 16.8. The predicted octanol–water partition coefficient (Wildman–Crippen LogP) is 11.0. The van der Waals surface area contributed by atoms with E-state index >= 15 is 0 Å². The third kappa shape index (κ3) is 25.6. The van der Waals surface area contributed by atoms with Crippen molar-refractivity contribution in [2.24, 2.45) is 0 Å². The smallest absolute Gasteiger partial charge is 0.338 e. The van der Waals surface area contributed by atoms with Crippen LogP contribution in [0.1, 0.15) is 151 Å². The van der Waals surface area contributed by atoms with E-state index in [1.165, 1.54) is 131 Å². The molecular weight excluding hydrogens is 1690 g/mol. The third-order valence-electron chi connectivity index (χ3n) is 21.8. The van der Waals surface area contributed by atoms with Gasteiger partial charge in [-0.1, -0.05) is 164 Å². The van der Waals surface area contributed by atoms with E-state index in [9.17, 15) is 67.6 Å². The molecule has 130 heavy (non-hydrogen) atoms. The van der Waals surface area contributed by atoms with Gasteiger partial charge in [-0.25, -0.2) is 43.2 Å². The maximum Gasteiger partial charge on any atom is 0.338 e. The molecule has 3 heterocycles. The second-order valence-electron chi connectivity index (χ2n) is 30.4. The Morgan fingerprint density at radius 3 is 0.592 bits per heavy atom. The Hall–Kier alpha value is -14.2. The Morgan fingerprint density at radius 2 is 0.431 bits per heavy atom. The average molecular weight is 1780 g/mol. The van der Waals surface area contributed by atoms with Crippen LogP contribution in [0.5, 0.6) is 0 Å². The molecule has 0 spiro atoms. The summed E-state index contributed by atoms with van der Waals surface area (Å²) in [6, 6.07) is 69.9. The molecule has 3 saturated heterocycles. The first-order valence-electron chi connectivity index (χ1n) is 41.9. The van der Waals surface area contributed by atoms with Crippen LogP contribution in [0.15, 0.2) is 273 Å². The Kier molecular flexibility index (Phi) is 34.3. The number of hydrogen-bond donors (Lipinski definition) is 3. The van der Waals surface area contributed by atoms with Crippen LogP contribution in [0.4, 0.5) is 0 Å². The van der Waals surface area contributed by atoms with E-state index in [0.717, 1.165) is 0 Å². The van der Waals surface area contributed by atoms with Crippen LogP contribution in [0.25, 0.3) is 0 Å². The topological polar surface area (TPSA) is 423 Å². The number of nitrogens with zero attached hydrogens (tertiary/aromatic N) is 1. The Labute approximate surface area is 747 Å². The fourth-order valence-electron chi connectivity index (χ4n) is 15.1. The number of ether oxygens (including phenoxy) is 15. The summed E-state index contributed by atoms with van der Waals surface area (Å²) < 4.78 is 91.3. The van der Waals surface area contributed by atoms with Crippen LogP contribution in [-0.2, 0) is 85.4 Å². The van der Waals surface area contributed by atoms with Crippen LogP contribution in [0.3, 0.4) is 0 Å². The highest BCUT2D eigenvalue weighted by Gasteiger charge is 2.57. The Bertz CT molecular complexity index is 4780. The third-order valence-corrected chi connectivity index (χ3v) is 21.8. The van der Waals surface area contributed by atoms with Crippen molar-refractivity contribution in [3.63, 3.8) is 0 Å². The molecule has 0 unspecified atom stereocenters. The van der Waals surface area contributed by atoms with Gasteiger partial charge >= 0.3 is 53.7 Å². The van der Waals surface area contributed by atoms with Crippen molar-refractivity contribution in [3.8, 4) is 0 Å². The minimum Gasteiger partial charge on any atom is -0.452 e. The van der Waals surface area contributed by atoms with Gasteiger partial charge in [-0.15, -0.1) is 0 Å². The molecule has 12 rings (SSSR count). The van der Waals surface area contributed by atoms with E-state index in [1.54, 1.807) is 164 Å². The van der Waals surface area contributed by atoms with Crippen molar-refractivity contribution in [3.05, 3.63) is 333 Å². The molecule has 0 saturated carbocycles. The quantitative estimate of drug-likeness (QED) is 0.0139. The lowest BCUT2D eigenvalue weighted by Crippen LogP contribution is -2.63. The van der Waals surface area contributed by atoms with Crippen molar-refractivity contribution < 1.29 is 134 Å². The minimum atomic E-state index is -2.04. The SMILES string of the molecule is CO[C@H]1O[C@H](CNC(=O)CCCC(CCCC(=O)NC[C@H]2O[C@H](OC)[C@@H](OC(=O)c3ccccc3)[C@@H](OC(=O)c3ccccc3)[C@@H]2OC(=O)c2ccccc2)(CCCC(=O)NC[C@H]2O[C@H](OC)[C@@H](OC(=O)c3ccccc3)[C@@H](OC(=O)c3ccccc3)[C@@H]2OC(=O)c2ccccc2)[N+](=O)[O-])[C@@H](OC(=O)c2ccccc2)[C@H](OC(=O)c2ccccc2)[C@@H]1OC(=O)c1ccccc1. The zero-order valence-corrected chi connectivity index (χ0v) is 70.9. The van der Waals surface area contributed by atoms with E-state index in [-0.39, 0.29) is 88.6 Å². The molecule has 3 aliphatic heterocycles. The second-order valence-corrected chi connectivity index (χ2v) is 30.4. The standard InChI is InChI=1S/C97H96N4O29/c1-116-94-82(128-91(111)67-46-25-10-26-47-67)79(125-88(108)64-40-19-7-20-41-64)76(122-85(105)61-34-13-4-14-35-61)70(119-94)58-98-73(102)52-31-55-97(101(114)115,56-32-53-74(103)99-59-71-77(123-86(106)62-36-15-5-16-37-62)80(126-89(109)65-42-21-8-22-43-65)83(95(117-2)120-71)129-92(112)68-48-27-11-28-49-68)57-33-54-75(104)100-60-72-78(124-87(107)63-38-17-6-18-39-63)81(127-90(110)66-44-23-9-24-45-66)84(96(118-3)121-72)130-93(113)69-50-29-12-30-51-69/h4-30,34-51,70-72,76-84,94-96H,31-33,52-60H2,1-3H3,(H,98,102)(H,99,103)(H,100,104)/t70-,71-,72-,76-,77-,78-,79+,80+,81+,82+,83+,84+,94+,95+,96+/m1/s1. The number of carbonyl (C=O) groups excluding carboxylic acids is 12. The van der Waals surface area contributed by atoms with Gasteiger partial charge in [0.2, 0.25) is 23.3 Å². The average Bonchev–Trinajstić information content (AvgIpc) is 0.783. The van der Waals surface area contributed by atoms with Gasteiger partial charge in [0.25, 0.3) is 0 Å². The largest absolute Gasteiger partial charge is 0.452 e. The number of hydrogen-bond acceptors (Lipinski definition) is 29. The zero-order chi connectivity index (χ0) is 91.9. The van der Waals surface area contributed by atoms with Crippen LogP contribution in [0.2, 0.25) is 0 Å². The minimum absolute atomic E-state index is 0.0521. The molecule has 678 valence electrons. The lowest BCUT2D eigenvalue weighted by molar-refractivity contribution is -0.574. The summed E-state index contributed by atoms with van der Waals surface area (Å²) >= 11 is 0. The van der Waals surface area contributed by atoms with Crippen molar-refractivity contribution in [1.82, 2.24) is 16.0 Å². The number of amides is 3. The Balaban J connectivity index is 0.794. The molecule has 33 heteroatoms. The van der Waals surface area contributed by atoms with Gasteiger partial charge in [-0.3, -0.25) is 24.5 Å². The van der Waals surface area contributed by atoms with E-state index in [2.05, 4.69) is 16.0 Å². The van der Waals surface area contributed by atoms with Gasteiger partial charge in [0.1, 0.15) is 18.3 Å². The first-order chi connectivity index (χ1) is 63.1. The van der Waals surface area contributed by atoms with Crippen LogP contribution in [0, 0.1) is 10.1 Å². The molecule has 0 aliphatic carbocycles. The number of esters is 9. The fourth-order valence-corrected chi connectivity index (χ4v) is 15.1. The molecule has 9 aromatic rings. The summed E-state index contributed by atoms with van der Waals surface area (Å²) in [4.78, 5) is 184. The molecule has 3 N–H and O–H groups in total. The molecule has 0 aromatic heterocycles. The number of nitrogens with one attached hydrogen (secondary N) is 3. The molecule has 15 atom stereocenters. The molecular formula is C97H96N4O29. The number of rotatable bonds is 40. The lowest BCUT2D eigenvalue weighted by atomic mass is 9.83. The van der Waals surface area contributed by atoms with Gasteiger partial charge < -0.3 is 87.0 Å². The molecule has 33 nitrogen and oxygen atoms in total. The lowest BCUT2D eigenvalue weighted by Gasteiger charge is -2.44. The van der Waals surface area contributed by atoms with Crippen molar-refractivity contribution in [2.75, 3.05) is 41.0 Å². The molecule has 0 bridgehead atoms. The van der Waals surface area contributed by atoms with Crippen molar-refractivity contribution >= 4 is 71.4 Å². The normalized spacial score (nSPS) is 21.6. The van der Waals surface area contributed by atoms with Crippen LogP contribution in [-0.4, -0.2) is 215 Å². The summed E-state index contributed by atoms with van der Waals surface area (Å²) in [5.74, 6) is -10.5. The van der Waals surface area contributed by atoms with Crippen molar-refractivity contribution in [2.45, 2.75) is 155 Å². The zero-order valence-electron chi connectivity index (χ0n) is 70.9.